The van der Waals surface area contributed by atoms with Crippen LogP contribution in [0.1, 0.15) is 44.6 Å². The molecule has 1 aliphatic heterocycles. The molecule has 134 valence electrons. The van der Waals surface area contributed by atoms with Crippen LogP contribution in [-0.2, 0) is 25.7 Å². The van der Waals surface area contributed by atoms with Crippen LogP contribution in [0.5, 0.6) is 0 Å². The van der Waals surface area contributed by atoms with Gasteiger partial charge in [0.15, 0.2) is 0 Å². The van der Waals surface area contributed by atoms with Crippen LogP contribution in [0.3, 0.4) is 0 Å². The van der Waals surface area contributed by atoms with Gasteiger partial charge in [0.05, 0.1) is 0 Å². The second-order valence-electron chi connectivity index (χ2n) is 5.96. The van der Waals surface area contributed by atoms with Gasteiger partial charge in [-0.1, -0.05) is 19.1 Å². The predicted molar refractivity (Wildman–Crippen MR) is 92.4 cm³/mol. The zero-order valence-electron chi connectivity index (χ0n) is 14.3. The third-order valence-corrected chi connectivity index (χ3v) is 3.89. The lowest BCUT2D eigenvalue weighted by Gasteiger charge is -2.13. The molecule has 1 fully saturated rings. The molecule has 0 bridgehead atoms. The summed E-state index contributed by atoms with van der Waals surface area (Å²) in [6.07, 6.45) is 1.80. The van der Waals surface area contributed by atoms with E-state index in [2.05, 4.69) is 10.6 Å². The Labute approximate surface area is 146 Å². The fraction of sp³-hybridized carbons (Fsp3) is 0.444. The number of carbonyl (C=O) groups is 4. The largest absolute Gasteiger partial charge is 0.352 e. The number of likely N-dealkylation sites (tertiary alicyclic amines) is 1. The third-order valence-electron chi connectivity index (χ3n) is 3.89. The van der Waals surface area contributed by atoms with Gasteiger partial charge in [0.2, 0.25) is 23.6 Å². The van der Waals surface area contributed by atoms with E-state index in [0.717, 1.165) is 16.9 Å². The summed E-state index contributed by atoms with van der Waals surface area (Å²) in [7, 11) is 0. The van der Waals surface area contributed by atoms with E-state index in [4.69, 9.17) is 0 Å². The maximum Gasteiger partial charge on any atom is 0.229 e. The molecular formula is C18H23N3O4. The minimum absolute atomic E-state index is 0.0383. The highest BCUT2D eigenvalue weighted by Gasteiger charge is 2.28. The Bertz CT molecular complexity index is 656. The van der Waals surface area contributed by atoms with Crippen molar-refractivity contribution >= 4 is 29.3 Å². The summed E-state index contributed by atoms with van der Waals surface area (Å²) in [6, 6.07) is 7.26. The fourth-order valence-corrected chi connectivity index (χ4v) is 2.58. The van der Waals surface area contributed by atoms with Crippen molar-refractivity contribution in [2.75, 3.05) is 11.9 Å². The molecule has 0 saturated carbocycles. The molecule has 0 aliphatic carbocycles. The van der Waals surface area contributed by atoms with Crippen LogP contribution in [0.15, 0.2) is 24.3 Å². The van der Waals surface area contributed by atoms with E-state index in [1.807, 2.05) is 19.1 Å². The second kappa shape index (κ2) is 8.96. The first-order valence-electron chi connectivity index (χ1n) is 8.48. The van der Waals surface area contributed by atoms with Gasteiger partial charge in [-0.2, -0.15) is 0 Å². The first kappa shape index (κ1) is 18.6. The summed E-state index contributed by atoms with van der Waals surface area (Å²) >= 11 is 0. The van der Waals surface area contributed by atoms with Crippen molar-refractivity contribution in [3.05, 3.63) is 29.8 Å². The molecular weight excluding hydrogens is 322 g/mol. The van der Waals surface area contributed by atoms with Gasteiger partial charge in [-0.25, -0.2) is 0 Å². The van der Waals surface area contributed by atoms with E-state index < -0.39 is 0 Å². The van der Waals surface area contributed by atoms with Crippen molar-refractivity contribution in [3.63, 3.8) is 0 Å². The summed E-state index contributed by atoms with van der Waals surface area (Å²) in [4.78, 5) is 47.6. The van der Waals surface area contributed by atoms with Crippen LogP contribution in [0.25, 0.3) is 0 Å². The van der Waals surface area contributed by atoms with E-state index in [9.17, 15) is 19.2 Å². The quantitative estimate of drug-likeness (QED) is 0.699. The van der Waals surface area contributed by atoms with E-state index in [1.165, 1.54) is 0 Å². The number of imide groups is 1. The SMILES string of the molecule is CCCC(=O)Nc1cccc(CNC(=O)CCN2C(=O)CCC2=O)c1. The molecule has 0 atom stereocenters. The van der Waals surface area contributed by atoms with Crippen LogP contribution < -0.4 is 10.6 Å². The molecule has 1 aliphatic rings. The summed E-state index contributed by atoms with van der Waals surface area (Å²) in [5.41, 5.74) is 1.55. The van der Waals surface area contributed by atoms with E-state index in [1.54, 1.807) is 12.1 Å². The van der Waals surface area contributed by atoms with Crippen LogP contribution in [0, 0.1) is 0 Å². The van der Waals surface area contributed by atoms with E-state index >= 15 is 0 Å². The molecule has 1 saturated heterocycles. The van der Waals surface area contributed by atoms with Crippen molar-refractivity contribution in [1.82, 2.24) is 10.2 Å². The lowest BCUT2D eigenvalue weighted by molar-refractivity contribution is -0.138. The molecule has 1 aromatic rings. The lowest BCUT2D eigenvalue weighted by Crippen LogP contribution is -2.34. The Kier molecular flexibility index (Phi) is 6.68. The van der Waals surface area contributed by atoms with E-state index in [-0.39, 0.29) is 49.4 Å². The molecule has 0 radical (unpaired) electrons. The highest BCUT2D eigenvalue weighted by molar-refractivity contribution is 6.02. The normalized spacial score (nSPS) is 13.9. The average molecular weight is 345 g/mol. The standard InChI is InChI=1S/C18H23N3O4/c1-2-4-16(23)20-14-6-3-5-13(11-14)12-19-15(22)9-10-21-17(24)7-8-18(21)25/h3,5-6,11H,2,4,7-10,12H2,1H3,(H,19,22)(H,20,23). The van der Waals surface area contributed by atoms with Crippen LogP contribution in [0.4, 0.5) is 5.69 Å². The Morgan fingerprint density at radius 1 is 1.08 bits per heavy atom. The monoisotopic (exact) mass is 345 g/mol. The van der Waals surface area contributed by atoms with E-state index in [0.29, 0.717) is 18.7 Å². The van der Waals surface area contributed by atoms with Gasteiger partial charge in [0, 0.05) is 44.5 Å². The summed E-state index contributed by atoms with van der Waals surface area (Å²) in [5, 5.41) is 5.57. The second-order valence-corrected chi connectivity index (χ2v) is 5.96. The Morgan fingerprint density at radius 2 is 1.80 bits per heavy atom. The molecule has 1 heterocycles. The first-order chi connectivity index (χ1) is 12.0. The number of benzene rings is 1. The number of hydrogen-bond donors (Lipinski definition) is 2. The summed E-state index contributed by atoms with van der Waals surface area (Å²) in [5.74, 6) is -0.696. The van der Waals surface area contributed by atoms with Crippen molar-refractivity contribution < 1.29 is 19.2 Å². The van der Waals surface area contributed by atoms with Gasteiger partial charge in [-0.3, -0.25) is 24.1 Å². The molecule has 0 unspecified atom stereocenters. The zero-order valence-corrected chi connectivity index (χ0v) is 14.3. The molecule has 2 rings (SSSR count). The van der Waals surface area contributed by atoms with Gasteiger partial charge >= 0.3 is 0 Å². The van der Waals surface area contributed by atoms with Crippen molar-refractivity contribution in [3.8, 4) is 0 Å². The minimum atomic E-state index is -0.229. The number of amides is 4. The molecule has 0 spiro atoms. The number of nitrogens with zero attached hydrogens (tertiary/aromatic N) is 1. The first-order valence-corrected chi connectivity index (χ1v) is 8.48. The molecule has 2 N–H and O–H groups in total. The maximum atomic E-state index is 11.9. The highest BCUT2D eigenvalue weighted by Crippen LogP contribution is 2.13. The molecule has 1 aromatic carbocycles. The van der Waals surface area contributed by atoms with Gasteiger partial charge < -0.3 is 10.6 Å². The maximum absolute atomic E-state index is 11.9. The number of rotatable bonds is 8. The summed E-state index contributed by atoms with van der Waals surface area (Å²) < 4.78 is 0. The van der Waals surface area contributed by atoms with Crippen LogP contribution in [0.2, 0.25) is 0 Å². The average Bonchev–Trinajstić information content (AvgIpc) is 2.90. The Hall–Kier alpha value is -2.70. The Balaban J connectivity index is 1.78. The van der Waals surface area contributed by atoms with Gasteiger partial charge in [0.25, 0.3) is 0 Å². The lowest BCUT2D eigenvalue weighted by atomic mass is 10.2. The van der Waals surface area contributed by atoms with Gasteiger partial charge in [-0.15, -0.1) is 0 Å². The highest BCUT2D eigenvalue weighted by atomic mass is 16.2. The zero-order chi connectivity index (χ0) is 18.2. The molecule has 25 heavy (non-hydrogen) atoms. The smallest absolute Gasteiger partial charge is 0.229 e. The Morgan fingerprint density at radius 3 is 2.48 bits per heavy atom. The topological polar surface area (TPSA) is 95.6 Å². The van der Waals surface area contributed by atoms with Crippen molar-refractivity contribution in [2.45, 2.75) is 45.6 Å². The number of anilines is 1. The van der Waals surface area contributed by atoms with Crippen molar-refractivity contribution in [1.29, 1.82) is 0 Å². The van der Waals surface area contributed by atoms with Gasteiger partial charge in [-0.05, 0) is 24.1 Å². The molecule has 7 nitrogen and oxygen atoms in total. The minimum Gasteiger partial charge on any atom is -0.352 e. The van der Waals surface area contributed by atoms with Crippen molar-refractivity contribution in [2.24, 2.45) is 0 Å². The molecule has 7 heteroatoms. The molecule has 4 amide bonds. The number of carbonyl (C=O) groups excluding carboxylic acids is 4. The predicted octanol–water partition coefficient (Wildman–Crippen LogP) is 1.58. The number of hydrogen-bond acceptors (Lipinski definition) is 4. The number of nitrogens with one attached hydrogen (secondary N) is 2. The third kappa shape index (κ3) is 5.70. The van der Waals surface area contributed by atoms with Crippen LogP contribution in [-0.4, -0.2) is 35.1 Å². The molecule has 0 aromatic heterocycles. The fourth-order valence-electron chi connectivity index (χ4n) is 2.58. The van der Waals surface area contributed by atoms with Crippen LogP contribution >= 0.6 is 0 Å². The summed E-state index contributed by atoms with van der Waals surface area (Å²) in [6.45, 7) is 2.38. The van der Waals surface area contributed by atoms with Gasteiger partial charge in [0.1, 0.15) is 0 Å².